The van der Waals surface area contributed by atoms with Crippen LogP contribution in [0, 0.1) is 0 Å². The van der Waals surface area contributed by atoms with Crippen molar-refractivity contribution in [3.8, 4) is 11.1 Å². The molecule has 0 spiro atoms. The van der Waals surface area contributed by atoms with E-state index in [9.17, 15) is 14.4 Å². The Kier molecular flexibility index (Phi) is 7.91. The minimum atomic E-state index is -1.22. The van der Waals surface area contributed by atoms with Gasteiger partial charge in [-0.1, -0.05) is 48.5 Å². The normalized spacial score (nSPS) is 13.1. The van der Waals surface area contributed by atoms with Crippen LogP contribution in [0.25, 0.3) is 11.1 Å². The molecule has 0 saturated heterocycles. The number of hydroxylamine groups is 1. The van der Waals surface area contributed by atoms with Crippen molar-refractivity contribution in [2.24, 2.45) is 0 Å². The van der Waals surface area contributed by atoms with Gasteiger partial charge in [-0.2, -0.15) is 11.8 Å². The highest BCUT2D eigenvalue weighted by Crippen LogP contribution is 2.44. The maximum absolute atomic E-state index is 12.4. The van der Waals surface area contributed by atoms with E-state index in [-0.39, 0.29) is 12.5 Å². The molecule has 0 aromatic heterocycles. The predicted octanol–water partition coefficient (Wildman–Crippen LogP) is 2.78. The van der Waals surface area contributed by atoms with E-state index in [1.54, 1.807) is 0 Å². The van der Waals surface area contributed by atoms with Gasteiger partial charge in [-0.3, -0.25) is 9.63 Å². The van der Waals surface area contributed by atoms with E-state index in [0.29, 0.717) is 12.2 Å². The van der Waals surface area contributed by atoms with E-state index in [0.717, 1.165) is 22.3 Å². The molecule has 2 aromatic carbocycles. The highest BCUT2D eigenvalue weighted by Gasteiger charge is 2.29. The Balaban J connectivity index is 1.61. The maximum Gasteiger partial charge on any atom is 0.407 e. The molecule has 2 aromatic rings. The second-order valence-corrected chi connectivity index (χ2v) is 7.94. The van der Waals surface area contributed by atoms with Gasteiger partial charge in [0.2, 0.25) is 0 Å². The second kappa shape index (κ2) is 10.8. The van der Waals surface area contributed by atoms with E-state index in [4.69, 9.17) is 9.84 Å². The van der Waals surface area contributed by atoms with Crippen LogP contribution in [0.3, 0.4) is 0 Å². The van der Waals surface area contributed by atoms with Crippen molar-refractivity contribution in [3.05, 3.63) is 59.7 Å². The van der Waals surface area contributed by atoms with Gasteiger partial charge < -0.3 is 15.2 Å². The average Bonchev–Trinajstić information content (AvgIpc) is 3.08. The molecule has 1 aliphatic carbocycles. The maximum atomic E-state index is 12.4. The number of amides is 2. The van der Waals surface area contributed by atoms with Gasteiger partial charge in [0.25, 0.3) is 5.91 Å². The SMILES string of the molecule is CSCC[C@@H](NC(=O)OCC1c2ccccc2-c2ccccc21)C(=O)NOCC(=O)O. The second-order valence-electron chi connectivity index (χ2n) is 6.95. The number of benzene rings is 2. The van der Waals surface area contributed by atoms with Gasteiger partial charge in [0.15, 0.2) is 6.61 Å². The summed E-state index contributed by atoms with van der Waals surface area (Å²) in [6.07, 6.45) is 1.50. The summed E-state index contributed by atoms with van der Waals surface area (Å²) in [5.41, 5.74) is 6.49. The zero-order chi connectivity index (χ0) is 22.2. The molecule has 1 aliphatic rings. The summed E-state index contributed by atoms with van der Waals surface area (Å²) in [6.45, 7) is -0.543. The van der Waals surface area contributed by atoms with Crippen LogP contribution in [0.4, 0.5) is 4.79 Å². The van der Waals surface area contributed by atoms with Crippen LogP contribution in [-0.4, -0.2) is 54.3 Å². The summed E-state index contributed by atoms with van der Waals surface area (Å²) in [7, 11) is 0. The fraction of sp³-hybridized carbons (Fsp3) is 0.318. The standard InChI is InChI=1S/C22H24N2O6S/c1-31-11-10-19(21(27)24-30-13-20(25)26)23-22(28)29-12-18-16-8-4-2-6-14(16)15-7-3-5-9-17(15)18/h2-9,18-19H,10-13H2,1H3,(H,23,28)(H,24,27)(H,25,26)/t19-/m1/s1. The third-order valence-corrected chi connectivity index (χ3v) is 5.58. The topological polar surface area (TPSA) is 114 Å². The van der Waals surface area contributed by atoms with Crippen molar-refractivity contribution in [1.82, 2.24) is 10.8 Å². The van der Waals surface area contributed by atoms with Gasteiger partial charge in [0, 0.05) is 5.92 Å². The number of nitrogens with one attached hydrogen (secondary N) is 2. The summed E-state index contributed by atoms with van der Waals surface area (Å²) in [5.74, 6) is -1.33. The van der Waals surface area contributed by atoms with E-state index < -0.39 is 30.6 Å². The Morgan fingerprint density at radius 1 is 1.06 bits per heavy atom. The van der Waals surface area contributed by atoms with Crippen molar-refractivity contribution in [2.75, 3.05) is 25.2 Å². The molecule has 9 heteroatoms. The number of carboxylic acids is 1. The number of hydrogen-bond acceptors (Lipinski definition) is 6. The molecule has 2 amide bonds. The Morgan fingerprint density at radius 2 is 1.68 bits per heavy atom. The lowest BCUT2D eigenvalue weighted by Gasteiger charge is -2.19. The van der Waals surface area contributed by atoms with Crippen LogP contribution in [0.1, 0.15) is 23.5 Å². The molecule has 1 atom stereocenters. The van der Waals surface area contributed by atoms with Crippen LogP contribution in [0.5, 0.6) is 0 Å². The van der Waals surface area contributed by atoms with Crippen LogP contribution < -0.4 is 10.8 Å². The number of carboxylic acid groups (broad SMARTS) is 1. The minimum Gasteiger partial charge on any atom is -0.479 e. The van der Waals surface area contributed by atoms with Crippen molar-refractivity contribution in [2.45, 2.75) is 18.4 Å². The van der Waals surface area contributed by atoms with Gasteiger partial charge in [0.1, 0.15) is 12.6 Å². The first-order chi connectivity index (χ1) is 15.0. The molecule has 0 radical (unpaired) electrons. The molecule has 0 bridgehead atoms. The summed E-state index contributed by atoms with van der Waals surface area (Å²) in [5, 5.41) is 11.1. The molecule has 8 nitrogen and oxygen atoms in total. The third-order valence-electron chi connectivity index (χ3n) is 4.93. The van der Waals surface area contributed by atoms with Crippen LogP contribution in [0.2, 0.25) is 0 Å². The van der Waals surface area contributed by atoms with Crippen molar-refractivity contribution < 1.29 is 29.1 Å². The van der Waals surface area contributed by atoms with Gasteiger partial charge in [-0.25, -0.2) is 15.1 Å². The Labute approximate surface area is 184 Å². The predicted molar refractivity (Wildman–Crippen MR) is 117 cm³/mol. The molecule has 3 N–H and O–H groups in total. The van der Waals surface area contributed by atoms with E-state index in [1.807, 2.05) is 54.8 Å². The molecule has 0 aliphatic heterocycles. The smallest absolute Gasteiger partial charge is 0.407 e. The monoisotopic (exact) mass is 444 g/mol. The van der Waals surface area contributed by atoms with Crippen molar-refractivity contribution >= 4 is 29.7 Å². The van der Waals surface area contributed by atoms with Crippen molar-refractivity contribution in [3.63, 3.8) is 0 Å². The lowest BCUT2D eigenvalue weighted by Crippen LogP contribution is -2.47. The number of carbonyl (C=O) groups is 3. The molecule has 0 heterocycles. The first kappa shape index (κ1) is 22.6. The highest BCUT2D eigenvalue weighted by molar-refractivity contribution is 7.98. The van der Waals surface area contributed by atoms with Gasteiger partial charge >= 0.3 is 12.1 Å². The summed E-state index contributed by atoms with van der Waals surface area (Å²) in [4.78, 5) is 39.8. The first-order valence-electron chi connectivity index (χ1n) is 9.75. The zero-order valence-corrected chi connectivity index (χ0v) is 17.8. The zero-order valence-electron chi connectivity index (χ0n) is 17.0. The molecular weight excluding hydrogens is 420 g/mol. The number of rotatable bonds is 10. The lowest BCUT2D eigenvalue weighted by molar-refractivity contribution is -0.150. The van der Waals surface area contributed by atoms with Crippen molar-refractivity contribution in [1.29, 1.82) is 0 Å². The fourth-order valence-electron chi connectivity index (χ4n) is 3.53. The molecule has 0 saturated carbocycles. The Hall–Kier alpha value is -3.04. The molecule has 164 valence electrons. The van der Waals surface area contributed by atoms with Gasteiger partial charge in [-0.05, 0) is 40.7 Å². The number of thioether (sulfide) groups is 1. The van der Waals surface area contributed by atoms with E-state index in [1.165, 1.54) is 11.8 Å². The average molecular weight is 445 g/mol. The number of aliphatic carboxylic acids is 1. The van der Waals surface area contributed by atoms with Gasteiger partial charge in [0.05, 0.1) is 0 Å². The number of fused-ring (bicyclic) bond motifs is 3. The van der Waals surface area contributed by atoms with Gasteiger partial charge in [-0.15, -0.1) is 0 Å². The Morgan fingerprint density at radius 3 is 2.26 bits per heavy atom. The number of alkyl carbamates (subject to hydrolysis) is 1. The summed E-state index contributed by atoms with van der Waals surface area (Å²) in [6, 6.07) is 15.1. The first-order valence-corrected chi connectivity index (χ1v) is 11.1. The molecule has 0 unspecified atom stereocenters. The highest BCUT2D eigenvalue weighted by atomic mass is 32.2. The van der Waals surface area contributed by atoms with Crippen LogP contribution in [-0.2, 0) is 19.2 Å². The largest absolute Gasteiger partial charge is 0.479 e. The molecule has 0 fully saturated rings. The lowest BCUT2D eigenvalue weighted by atomic mass is 9.98. The quantitative estimate of drug-likeness (QED) is 0.483. The van der Waals surface area contributed by atoms with E-state index >= 15 is 0 Å². The number of carbonyl (C=O) groups excluding carboxylic acids is 2. The van der Waals surface area contributed by atoms with Crippen LogP contribution in [0.15, 0.2) is 48.5 Å². The van der Waals surface area contributed by atoms with E-state index in [2.05, 4.69) is 15.6 Å². The summed E-state index contributed by atoms with van der Waals surface area (Å²) < 4.78 is 5.47. The van der Waals surface area contributed by atoms with Crippen LogP contribution >= 0.6 is 11.8 Å². The molecule has 31 heavy (non-hydrogen) atoms. The fourth-order valence-corrected chi connectivity index (χ4v) is 4.00. The number of hydrogen-bond donors (Lipinski definition) is 3. The molecular formula is C22H24N2O6S. The number of ether oxygens (including phenoxy) is 1. The minimum absolute atomic E-state index is 0.0875. The molecule has 3 rings (SSSR count). The Bertz CT molecular complexity index is 906. The third kappa shape index (κ3) is 5.77. The summed E-state index contributed by atoms with van der Waals surface area (Å²) >= 11 is 1.51.